The quantitative estimate of drug-likeness (QED) is 0.717. The highest BCUT2D eigenvalue weighted by Gasteiger charge is 2.14. The van der Waals surface area contributed by atoms with Crippen LogP contribution < -0.4 is 10.1 Å². The number of hydrogen-bond acceptors (Lipinski definition) is 5. The fourth-order valence-corrected chi connectivity index (χ4v) is 2.49. The van der Waals surface area contributed by atoms with E-state index in [0.717, 1.165) is 16.6 Å². The van der Waals surface area contributed by atoms with Crippen LogP contribution in [0, 0.1) is 0 Å². The van der Waals surface area contributed by atoms with E-state index in [2.05, 4.69) is 31.2 Å². The van der Waals surface area contributed by atoms with E-state index in [1.54, 1.807) is 6.07 Å². The summed E-state index contributed by atoms with van der Waals surface area (Å²) in [5.74, 6) is 0.651. The summed E-state index contributed by atoms with van der Waals surface area (Å²) in [5.41, 5.74) is 2.46. The smallest absolute Gasteiger partial charge is 0.171 e. The minimum absolute atomic E-state index is 0.0342. The molecule has 0 fully saturated rings. The van der Waals surface area contributed by atoms with Crippen LogP contribution in [0.15, 0.2) is 53.1 Å². The summed E-state index contributed by atoms with van der Waals surface area (Å²) in [4.78, 5) is 0. The number of β-amino-alcohol motifs (C(OH)–C–C–N with tert-alkyl or cyclic N) is 1. The molecule has 0 amide bonds. The number of ether oxygens (including phenoxy) is 1. The maximum Gasteiger partial charge on any atom is 0.171 e. The molecule has 1 atom stereocenters. The van der Waals surface area contributed by atoms with E-state index >= 15 is 0 Å². The van der Waals surface area contributed by atoms with E-state index in [0.29, 0.717) is 17.9 Å². The molecule has 0 aliphatic heterocycles. The van der Waals surface area contributed by atoms with E-state index in [1.165, 1.54) is 0 Å². The van der Waals surface area contributed by atoms with Gasteiger partial charge in [-0.3, -0.25) is 0 Å². The van der Waals surface area contributed by atoms with Crippen LogP contribution in [-0.2, 0) is 0 Å². The van der Waals surface area contributed by atoms with E-state index in [-0.39, 0.29) is 12.1 Å². The van der Waals surface area contributed by atoms with Crippen molar-refractivity contribution in [2.24, 2.45) is 0 Å². The van der Waals surface area contributed by atoms with Gasteiger partial charge in [0.15, 0.2) is 5.58 Å². The molecule has 0 radical (unpaired) electrons. The maximum atomic E-state index is 10.0. The number of aliphatic hydroxyl groups excluding tert-OH is 1. The zero-order valence-electron chi connectivity index (χ0n) is 14.8. The zero-order chi connectivity index (χ0) is 17.9. The van der Waals surface area contributed by atoms with Crippen LogP contribution in [0.5, 0.6) is 5.75 Å². The first-order valence-electron chi connectivity index (χ1n) is 8.43. The number of benzene rings is 2. The summed E-state index contributed by atoms with van der Waals surface area (Å²) < 4.78 is 11.1. The largest absolute Gasteiger partial charge is 0.491 e. The number of hydrogen-bond donors (Lipinski definition) is 2. The number of aromatic nitrogens is 1. The number of nitrogens with zero attached hydrogens (tertiary/aromatic N) is 1. The molecule has 25 heavy (non-hydrogen) atoms. The molecule has 0 spiro atoms. The topological polar surface area (TPSA) is 67.5 Å². The predicted octanol–water partition coefficient (Wildman–Crippen LogP) is 3.62. The van der Waals surface area contributed by atoms with Crippen molar-refractivity contribution in [2.45, 2.75) is 32.4 Å². The number of fused-ring (bicyclic) bond motifs is 1. The lowest BCUT2D eigenvalue weighted by Crippen LogP contribution is -2.42. The highest BCUT2D eigenvalue weighted by atomic mass is 16.5. The van der Waals surface area contributed by atoms with Crippen molar-refractivity contribution in [3.63, 3.8) is 0 Å². The molecule has 0 saturated heterocycles. The minimum Gasteiger partial charge on any atom is -0.491 e. The minimum atomic E-state index is -0.579. The van der Waals surface area contributed by atoms with Crippen molar-refractivity contribution < 1.29 is 14.4 Å². The Kier molecular flexibility index (Phi) is 5.06. The molecule has 3 aromatic rings. The van der Waals surface area contributed by atoms with Gasteiger partial charge in [-0.2, -0.15) is 0 Å². The van der Waals surface area contributed by atoms with Crippen molar-refractivity contribution in [1.82, 2.24) is 10.5 Å². The molecule has 1 unspecified atom stereocenters. The number of aliphatic hydroxyl groups is 1. The van der Waals surface area contributed by atoms with Crippen molar-refractivity contribution >= 4 is 11.0 Å². The second-order valence-electron chi connectivity index (χ2n) is 7.15. The van der Waals surface area contributed by atoms with Crippen molar-refractivity contribution in [3.05, 3.63) is 48.5 Å². The molecule has 0 aliphatic rings. The summed E-state index contributed by atoms with van der Waals surface area (Å²) in [6.07, 6.45) is -0.579. The van der Waals surface area contributed by atoms with Crippen molar-refractivity contribution in [2.75, 3.05) is 13.2 Å². The van der Waals surface area contributed by atoms with E-state index in [1.807, 2.05) is 42.5 Å². The van der Waals surface area contributed by atoms with Gasteiger partial charge in [0.05, 0.1) is 0 Å². The predicted molar refractivity (Wildman–Crippen MR) is 98.7 cm³/mol. The van der Waals surface area contributed by atoms with Crippen LogP contribution in [-0.4, -0.2) is 35.1 Å². The fourth-order valence-electron chi connectivity index (χ4n) is 2.49. The zero-order valence-corrected chi connectivity index (χ0v) is 14.8. The molecular weight excluding hydrogens is 316 g/mol. The Labute approximate surface area is 147 Å². The molecule has 5 heteroatoms. The van der Waals surface area contributed by atoms with E-state index in [9.17, 15) is 5.11 Å². The molecular formula is C20H24N2O3. The van der Waals surface area contributed by atoms with Gasteiger partial charge in [0.25, 0.3) is 0 Å². The molecule has 3 rings (SSSR count). The van der Waals surface area contributed by atoms with E-state index < -0.39 is 6.10 Å². The Morgan fingerprint density at radius 1 is 1.16 bits per heavy atom. The lowest BCUT2D eigenvalue weighted by Gasteiger charge is -2.22. The average Bonchev–Trinajstić information content (AvgIpc) is 3.01. The summed E-state index contributed by atoms with van der Waals surface area (Å²) in [6, 6.07) is 15.5. The van der Waals surface area contributed by atoms with Gasteiger partial charge in [-0.05, 0) is 32.9 Å². The standard InChI is InChI=1S/C20H24N2O3/c1-20(2,3)21-12-15(23)13-24-16-9-10-17-18(11-16)25-22-19(17)14-7-5-4-6-8-14/h4-11,15,21,23H,12-13H2,1-3H3. The Balaban J connectivity index is 1.66. The Morgan fingerprint density at radius 2 is 1.92 bits per heavy atom. The Bertz CT molecular complexity index is 822. The summed E-state index contributed by atoms with van der Waals surface area (Å²) >= 11 is 0. The SMILES string of the molecule is CC(C)(C)NCC(O)COc1ccc2c(-c3ccccc3)noc2c1. The fraction of sp³-hybridized carbons (Fsp3) is 0.350. The Hall–Kier alpha value is -2.37. The molecule has 5 nitrogen and oxygen atoms in total. The maximum absolute atomic E-state index is 10.0. The first-order chi connectivity index (χ1) is 11.9. The van der Waals surface area contributed by atoms with Crippen molar-refractivity contribution in [1.29, 1.82) is 0 Å². The van der Waals surface area contributed by atoms with Crippen LogP contribution in [0.3, 0.4) is 0 Å². The first kappa shape index (κ1) is 17.5. The summed E-state index contributed by atoms with van der Waals surface area (Å²) in [6.45, 7) is 6.87. The average molecular weight is 340 g/mol. The highest BCUT2D eigenvalue weighted by Crippen LogP contribution is 2.30. The molecule has 1 heterocycles. The van der Waals surface area contributed by atoms with Gasteiger partial charge in [-0.1, -0.05) is 35.5 Å². The normalized spacial score (nSPS) is 13.1. The molecule has 0 bridgehead atoms. The molecule has 0 aliphatic carbocycles. The molecule has 0 saturated carbocycles. The van der Waals surface area contributed by atoms with Gasteiger partial charge >= 0.3 is 0 Å². The second-order valence-corrected chi connectivity index (χ2v) is 7.15. The third kappa shape index (κ3) is 4.59. The van der Waals surface area contributed by atoms with Gasteiger partial charge in [-0.15, -0.1) is 0 Å². The first-order valence-corrected chi connectivity index (χ1v) is 8.43. The van der Waals surface area contributed by atoms with Crippen LogP contribution in [0.1, 0.15) is 20.8 Å². The molecule has 1 aromatic heterocycles. The monoisotopic (exact) mass is 340 g/mol. The van der Waals surface area contributed by atoms with Crippen LogP contribution in [0.25, 0.3) is 22.2 Å². The lowest BCUT2D eigenvalue weighted by molar-refractivity contribution is 0.100. The Morgan fingerprint density at radius 3 is 2.64 bits per heavy atom. The third-order valence-corrected chi connectivity index (χ3v) is 3.80. The van der Waals surface area contributed by atoms with Gasteiger partial charge < -0.3 is 19.7 Å². The number of nitrogens with one attached hydrogen (secondary N) is 1. The summed E-state index contributed by atoms with van der Waals surface area (Å²) in [5, 5.41) is 18.4. The number of rotatable bonds is 6. The van der Waals surface area contributed by atoms with Gasteiger partial charge in [-0.25, -0.2) is 0 Å². The molecule has 2 N–H and O–H groups in total. The van der Waals surface area contributed by atoms with Gasteiger partial charge in [0.2, 0.25) is 0 Å². The van der Waals surface area contributed by atoms with Gasteiger partial charge in [0, 0.05) is 29.1 Å². The molecule has 2 aromatic carbocycles. The van der Waals surface area contributed by atoms with Crippen molar-refractivity contribution in [3.8, 4) is 17.0 Å². The van der Waals surface area contributed by atoms with Gasteiger partial charge in [0.1, 0.15) is 24.2 Å². The lowest BCUT2D eigenvalue weighted by atomic mass is 10.1. The van der Waals surface area contributed by atoms with Crippen LogP contribution in [0.4, 0.5) is 0 Å². The van der Waals surface area contributed by atoms with E-state index in [4.69, 9.17) is 9.26 Å². The van der Waals surface area contributed by atoms with Crippen LogP contribution >= 0.6 is 0 Å². The highest BCUT2D eigenvalue weighted by molar-refractivity contribution is 5.92. The molecule has 132 valence electrons. The second kappa shape index (κ2) is 7.25. The summed E-state index contributed by atoms with van der Waals surface area (Å²) in [7, 11) is 0. The van der Waals surface area contributed by atoms with Crippen LogP contribution in [0.2, 0.25) is 0 Å². The third-order valence-electron chi connectivity index (χ3n) is 3.80.